The molecule has 0 aliphatic heterocycles. The summed E-state index contributed by atoms with van der Waals surface area (Å²) in [4.78, 5) is 0. The number of hydrogen-bond donors (Lipinski definition) is 1. The van der Waals surface area contributed by atoms with E-state index >= 15 is 0 Å². The van der Waals surface area contributed by atoms with Crippen molar-refractivity contribution < 1.29 is 0 Å². The molecule has 0 radical (unpaired) electrons. The maximum absolute atomic E-state index is 4.14. The Morgan fingerprint density at radius 1 is 1.14 bits per heavy atom. The first-order valence-electron chi connectivity index (χ1n) is 5.50. The van der Waals surface area contributed by atoms with Crippen LogP contribution < -0.4 is 5.32 Å². The molecule has 0 spiro atoms. The largest absolute Gasteiger partial charge is 0.386 e. The molecule has 0 saturated heterocycles. The maximum Gasteiger partial charge on any atom is 0.0201 e. The molecule has 1 nitrogen and oxygen atoms in total. The van der Waals surface area contributed by atoms with E-state index in [1.54, 1.807) is 0 Å². The summed E-state index contributed by atoms with van der Waals surface area (Å²) in [6, 6.07) is 0.474. The molecule has 0 aliphatic rings. The molecular weight excluding hydrogens is 170 g/mol. The molecule has 1 N–H and O–H groups in total. The third-order valence-corrected chi connectivity index (χ3v) is 2.25. The van der Waals surface area contributed by atoms with Gasteiger partial charge in [-0.25, -0.2) is 0 Å². The van der Waals surface area contributed by atoms with Gasteiger partial charge in [0.25, 0.3) is 0 Å². The minimum Gasteiger partial charge on any atom is -0.386 e. The van der Waals surface area contributed by atoms with Crippen molar-refractivity contribution >= 4 is 0 Å². The van der Waals surface area contributed by atoms with Crippen molar-refractivity contribution in [2.45, 2.75) is 60.9 Å². The molecular formula is C13H27N. The maximum atomic E-state index is 4.14. The van der Waals surface area contributed by atoms with E-state index in [0.29, 0.717) is 11.5 Å². The average molecular weight is 197 g/mol. The summed E-state index contributed by atoms with van der Waals surface area (Å²) in [6.45, 7) is 19.8. The Morgan fingerprint density at radius 3 is 1.86 bits per heavy atom. The summed E-state index contributed by atoms with van der Waals surface area (Å²) >= 11 is 0. The molecule has 1 heteroatoms. The van der Waals surface area contributed by atoms with Crippen LogP contribution >= 0.6 is 0 Å². The van der Waals surface area contributed by atoms with Gasteiger partial charge in [0.2, 0.25) is 0 Å². The molecule has 0 bridgehead atoms. The van der Waals surface area contributed by atoms with Crippen LogP contribution in [-0.2, 0) is 0 Å². The van der Waals surface area contributed by atoms with Gasteiger partial charge in [-0.1, -0.05) is 41.2 Å². The van der Waals surface area contributed by atoms with Gasteiger partial charge in [-0.2, -0.15) is 0 Å². The third-order valence-electron chi connectivity index (χ3n) is 2.25. The summed E-state index contributed by atoms with van der Waals surface area (Å²) in [7, 11) is 0. The second kappa shape index (κ2) is 4.37. The number of hydrogen-bond acceptors (Lipinski definition) is 1. The van der Waals surface area contributed by atoms with Crippen LogP contribution in [0.25, 0.3) is 0 Å². The molecule has 0 aromatic heterocycles. The minimum atomic E-state index is 0.169. The number of allylic oxidation sites excluding steroid dienone is 1. The average Bonchev–Trinajstić information content (AvgIpc) is 1.78. The Morgan fingerprint density at radius 2 is 1.57 bits per heavy atom. The van der Waals surface area contributed by atoms with Gasteiger partial charge in [0.15, 0.2) is 0 Å². The predicted octanol–water partition coefficient (Wildman–Crippen LogP) is 3.96. The summed E-state index contributed by atoms with van der Waals surface area (Å²) in [5.74, 6) is 0. The number of rotatable bonds is 4. The summed E-state index contributed by atoms with van der Waals surface area (Å²) < 4.78 is 0. The Labute approximate surface area is 90.0 Å². The molecule has 0 rings (SSSR count). The highest BCUT2D eigenvalue weighted by Crippen LogP contribution is 2.37. The third kappa shape index (κ3) is 5.31. The fourth-order valence-electron chi connectivity index (χ4n) is 1.98. The van der Waals surface area contributed by atoms with Crippen molar-refractivity contribution in [1.82, 2.24) is 5.32 Å². The molecule has 14 heavy (non-hydrogen) atoms. The first-order chi connectivity index (χ1) is 6.04. The highest BCUT2D eigenvalue weighted by Gasteiger charge is 2.28. The summed E-state index contributed by atoms with van der Waals surface area (Å²) in [5, 5.41) is 3.41. The van der Waals surface area contributed by atoms with Gasteiger partial charge in [-0.3, -0.25) is 0 Å². The standard InChI is InChI=1S/C13H27N/c1-10(2)14-11(3)13(7,8)9-12(4,5)6/h10,14H,3,9H2,1-2,4-8H3. The molecule has 0 heterocycles. The van der Waals surface area contributed by atoms with Crippen molar-refractivity contribution in [2.24, 2.45) is 10.8 Å². The van der Waals surface area contributed by atoms with Crippen LogP contribution in [0.4, 0.5) is 0 Å². The van der Waals surface area contributed by atoms with E-state index in [-0.39, 0.29) is 5.41 Å². The van der Waals surface area contributed by atoms with Crippen LogP contribution in [0, 0.1) is 10.8 Å². The molecule has 0 fully saturated rings. The molecule has 0 amide bonds. The fourth-order valence-corrected chi connectivity index (χ4v) is 1.98. The van der Waals surface area contributed by atoms with Gasteiger partial charge in [0, 0.05) is 17.2 Å². The van der Waals surface area contributed by atoms with Crippen molar-refractivity contribution in [3.8, 4) is 0 Å². The molecule has 0 saturated carbocycles. The Bertz CT molecular complexity index is 194. The van der Waals surface area contributed by atoms with E-state index in [0.717, 1.165) is 12.1 Å². The Balaban J connectivity index is 4.38. The van der Waals surface area contributed by atoms with Gasteiger partial charge in [0.05, 0.1) is 0 Å². The molecule has 0 atom stereocenters. The molecule has 0 aromatic rings. The first kappa shape index (κ1) is 13.5. The molecule has 0 aromatic carbocycles. The van der Waals surface area contributed by atoms with Crippen molar-refractivity contribution in [2.75, 3.05) is 0 Å². The van der Waals surface area contributed by atoms with Gasteiger partial charge in [-0.05, 0) is 25.7 Å². The van der Waals surface area contributed by atoms with E-state index < -0.39 is 0 Å². The SMILES string of the molecule is C=C(NC(C)C)C(C)(C)CC(C)(C)C. The first-order valence-corrected chi connectivity index (χ1v) is 5.50. The smallest absolute Gasteiger partial charge is 0.0201 e. The topological polar surface area (TPSA) is 12.0 Å². The van der Waals surface area contributed by atoms with E-state index in [9.17, 15) is 0 Å². The van der Waals surface area contributed by atoms with Crippen LogP contribution in [0.3, 0.4) is 0 Å². The van der Waals surface area contributed by atoms with Gasteiger partial charge >= 0.3 is 0 Å². The van der Waals surface area contributed by atoms with Gasteiger partial charge < -0.3 is 5.32 Å². The van der Waals surface area contributed by atoms with Crippen molar-refractivity contribution in [3.63, 3.8) is 0 Å². The number of nitrogens with one attached hydrogen (secondary N) is 1. The minimum absolute atomic E-state index is 0.169. The zero-order chi connectivity index (χ0) is 11.6. The van der Waals surface area contributed by atoms with Crippen molar-refractivity contribution in [1.29, 1.82) is 0 Å². The normalized spacial score (nSPS) is 13.1. The fraction of sp³-hybridized carbons (Fsp3) is 0.846. The van der Waals surface area contributed by atoms with Crippen LogP contribution in [0.2, 0.25) is 0 Å². The zero-order valence-electron chi connectivity index (χ0n) is 11.0. The lowest BCUT2D eigenvalue weighted by Crippen LogP contribution is -2.33. The lowest BCUT2D eigenvalue weighted by Gasteiger charge is -2.35. The quantitative estimate of drug-likeness (QED) is 0.719. The second-order valence-corrected chi connectivity index (χ2v) is 6.40. The van der Waals surface area contributed by atoms with Gasteiger partial charge in [-0.15, -0.1) is 0 Å². The monoisotopic (exact) mass is 197 g/mol. The van der Waals surface area contributed by atoms with Crippen LogP contribution in [0.5, 0.6) is 0 Å². The van der Waals surface area contributed by atoms with E-state index in [2.05, 4.69) is 60.4 Å². The van der Waals surface area contributed by atoms with E-state index in [1.165, 1.54) is 0 Å². The predicted molar refractivity (Wildman–Crippen MR) is 65.3 cm³/mol. The highest BCUT2D eigenvalue weighted by molar-refractivity contribution is 5.06. The molecule has 0 unspecified atom stereocenters. The lowest BCUT2D eigenvalue weighted by atomic mass is 9.74. The van der Waals surface area contributed by atoms with Crippen LogP contribution in [0.15, 0.2) is 12.3 Å². The summed E-state index contributed by atoms with van der Waals surface area (Å²) in [6.07, 6.45) is 1.15. The van der Waals surface area contributed by atoms with E-state index in [4.69, 9.17) is 0 Å². The zero-order valence-corrected chi connectivity index (χ0v) is 11.0. The van der Waals surface area contributed by atoms with E-state index in [1.807, 2.05) is 0 Å². The second-order valence-electron chi connectivity index (χ2n) is 6.40. The molecule has 84 valence electrons. The van der Waals surface area contributed by atoms with Gasteiger partial charge in [0.1, 0.15) is 0 Å². The van der Waals surface area contributed by atoms with Crippen LogP contribution in [-0.4, -0.2) is 6.04 Å². The Hall–Kier alpha value is -0.460. The van der Waals surface area contributed by atoms with Crippen LogP contribution in [0.1, 0.15) is 54.9 Å². The van der Waals surface area contributed by atoms with Crippen molar-refractivity contribution in [3.05, 3.63) is 12.3 Å². The molecule has 0 aliphatic carbocycles. The summed E-state index contributed by atoms with van der Waals surface area (Å²) in [5.41, 5.74) is 1.68. The lowest BCUT2D eigenvalue weighted by molar-refractivity contribution is 0.238. The Kier molecular flexibility index (Phi) is 4.23. The highest BCUT2D eigenvalue weighted by atomic mass is 14.9.